The summed E-state index contributed by atoms with van der Waals surface area (Å²) in [5, 5.41) is 12.3. The van der Waals surface area contributed by atoms with E-state index in [0.29, 0.717) is 28.0 Å². The molecule has 6 rings (SSSR count). The molecule has 0 saturated carbocycles. The van der Waals surface area contributed by atoms with Gasteiger partial charge in [-0.1, -0.05) is 71.7 Å². The average Bonchev–Trinajstić information content (AvgIpc) is 3.43. The van der Waals surface area contributed by atoms with Crippen LogP contribution in [0.4, 0.5) is 5.82 Å². The summed E-state index contributed by atoms with van der Waals surface area (Å²) in [4.78, 5) is 19.9. The Balaban J connectivity index is 1.07. The number of carbonyl (C=O) groups is 1. The fraction of sp³-hybridized carbons (Fsp3) is 0.219. The number of hydrogen-bond donors (Lipinski definition) is 2. The van der Waals surface area contributed by atoms with Crippen molar-refractivity contribution in [2.75, 3.05) is 18.4 Å². The molecule has 0 unspecified atom stereocenters. The van der Waals surface area contributed by atoms with Crippen LogP contribution in [0.1, 0.15) is 34.3 Å². The van der Waals surface area contributed by atoms with Crippen molar-refractivity contribution in [2.24, 2.45) is 0 Å². The number of benzene rings is 3. The molecule has 5 aromatic rings. The molecule has 2 N–H and O–H groups in total. The maximum atomic E-state index is 13.0. The van der Waals surface area contributed by atoms with Gasteiger partial charge in [0, 0.05) is 43.3 Å². The fourth-order valence-electron chi connectivity index (χ4n) is 5.14. The van der Waals surface area contributed by atoms with Crippen LogP contribution in [-0.4, -0.2) is 44.5 Å². The highest BCUT2D eigenvalue weighted by atomic mass is 35.5. The highest BCUT2D eigenvalue weighted by Crippen LogP contribution is 2.24. The van der Waals surface area contributed by atoms with Gasteiger partial charge in [0.1, 0.15) is 5.82 Å². The molecule has 0 radical (unpaired) electrons. The molecule has 0 atom stereocenters. The number of fused-ring (bicyclic) bond motifs is 1. The number of rotatable bonds is 8. The van der Waals surface area contributed by atoms with Gasteiger partial charge in [-0.25, -0.2) is 9.50 Å². The van der Waals surface area contributed by atoms with Gasteiger partial charge in [0.25, 0.3) is 5.91 Å². The summed E-state index contributed by atoms with van der Waals surface area (Å²) < 4.78 is 1.80. The number of amides is 1. The third kappa shape index (κ3) is 6.54. The van der Waals surface area contributed by atoms with Gasteiger partial charge in [-0.05, 0) is 60.4 Å². The summed E-state index contributed by atoms with van der Waals surface area (Å²) in [7, 11) is 0. The normalized spacial score (nSPS) is 14.3. The molecule has 2 aromatic heterocycles. The number of hydrogen-bond acceptors (Lipinski definition) is 5. The van der Waals surface area contributed by atoms with Crippen molar-refractivity contribution in [2.45, 2.75) is 32.0 Å². The summed E-state index contributed by atoms with van der Waals surface area (Å²) in [6.07, 6.45) is 3.69. The Hall–Kier alpha value is -3.91. The van der Waals surface area contributed by atoms with Gasteiger partial charge in [0.05, 0.1) is 21.9 Å². The number of carbonyl (C=O) groups excluding carboxylic acids is 1. The third-order valence-corrected chi connectivity index (χ3v) is 8.17. The lowest BCUT2D eigenvalue weighted by molar-refractivity contribution is 0.0909. The maximum Gasteiger partial charge on any atom is 0.251 e. The average molecular weight is 586 g/mol. The number of anilines is 1. The number of nitrogens with zero attached hydrogens (tertiary/aromatic N) is 4. The predicted molar refractivity (Wildman–Crippen MR) is 164 cm³/mol. The standard InChI is InChI=1S/C32H30Cl2N6O/c33-27-11-6-23(18-28(27)34)19-35-30-12-13-31-36-20-29(40(31)38-30)24-7-9-25(10-8-24)32(41)37-26-14-16-39(17-15-26)21-22-4-2-1-3-5-22/h1-13,18,20,26H,14-17,19,21H2,(H,35,38)(H,37,41). The molecule has 1 saturated heterocycles. The SMILES string of the molecule is O=C(NC1CCN(Cc2ccccc2)CC1)c1ccc(-c2cnc3ccc(NCc4ccc(Cl)c(Cl)c4)nn23)cc1. The van der Waals surface area contributed by atoms with E-state index in [1.165, 1.54) is 5.56 Å². The number of piperidine rings is 1. The van der Waals surface area contributed by atoms with E-state index in [1.54, 1.807) is 16.8 Å². The number of halogens is 2. The van der Waals surface area contributed by atoms with E-state index in [4.69, 9.17) is 28.3 Å². The smallest absolute Gasteiger partial charge is 0.251 e. The van der Waals surface area contributed by atoms with Gasteiger partial charge in [-0.3, -0.25) is 9.69 Å². The topological polar surface area (TPSA) is 74.6 Å². The second-order valence-corrected chi connectivity index (χ2v) is 11.1. The van der Waals surface area contributed by atoms with Crippen LogP contribution in [0, 0.1) is 0 Å². The fourth-order valence-corrected chi connectivity index (χ4v) is 5.47. The van der Waals surface area contributed by atoms with Crippen LogP contribution in [0.3, 0.4) is 0 Å². The minimum absolute atomic E-state index is 0.0388. The lowest BCUT2D eigenvalue weighted by Gasteiger charge is -2.32. The van der Waals surface area contributed by atoms with Gasteiger partial charge in [-0.15, -0.1) is 5.10 Å². The van der Waals surface area contributed by atoms with E-state index in [1.807, 2.05) is 54.6 Å². The quantitative estimate of drug-likeness (QED) is 0.212. The summed E-state index contributed by atoms with van der Waals surface area (Å²) >= 11 is 12.2. The molecule has 9 heteroatoms. The zero-order chi connectivity index (χ0) is 28.2. The van der Waals surface area contributed by atoms with Crippen molar-refractivity contribution in [3.05, 3.63) is 118 Å². The second-order valence-electron chi connectivity index (χ2n) is 10.3. The van der Waals surface area contributed by atoms with Crippen LogP contribution in [0.15, 0.2) is 91.1 Å². The van der Waals surface area contributed by atoms with Crippen molar-refractivity contribution >= 4 is 40.6 Å². The van der Waals surface area contributed by atoms with Crippen LogP contribution in [0.5, 0.6) is 0 Å². The van der Waals surface area contributed by atoms with E-state index in [-0.39, 0.29) is 11.9 Å². The molecule has 41 heavy (non-hydrogen) atoms. The van der Waals surface area contributed by atoms with E-state index in [2.05, 4.69) is 44.8 Å². The molecular weight excluding hydrogens is 555 g/mol. The molecule has 0 aliphatic carbocycles. The van der Waals surface area contributed by atoms with Crippen LogP contribution >= 0.6 is 23.2 Å². The van der Waals surface area contributed by atoms with Crippen molar-refractivity contribution in [1.29, 1.82) is 0 Å². The first kappa shape index (κ1) is 27.3. The minimum atomic E-state index is -0.0388. The van der Waals surface area contributed by atoms with Crippen molar-refractivity contribution in [1.82, 2.24) is 24.8 Å². The molecule has 0 spiro atoms. The molecule has 1 aliphatic rings. The number of imidazole rings is 1. The first-order chi connectivity index (χ1) is 20.0. The molecule has 0 bridgehead atoms. The monoisotopic (exact) mass is 584 g/mol. The van der Waals surface area contributed by atoms with Crippen LogP contribution in [0.25, 0.3) is 16.9 Å². The van der Waals surface area contributed by atoms with Crippen LogP contribution in [-0.2, 0) is 13.1 Å². The zero-order valence-electron chi connectivity index (χ0n) is 22.4. The minimum Gasteiger partial charge on any atom is -0.365 e. The number of nitrogens with one attached hydrogen (secondary N) is 2. The Morgan fingerprint density at radius 3 is 2.41 bits per heavy atom. The second kappa shape index (κ2) is 12.3. The van der Waals surface area contributed by atoms with Crippen LogP contribution in [0.2, 0.25) is 10.0 Å². The first-order valence-electron chi connectivity index (χ1n) is 13.7. The molecule has 3 aromatic carbocycles. The molecule has 7 nitrogen and oxygen atoms in total. The van der Waals surface area contributed by atoms with Gasteiger partial charge in [0.15, 0.2) is 5.65 Å². The van der Waals surface area contributed by atoms with E-state index >= 15 is 0 Å². The Bertz CT molecular complexity index is 1650. The summed E-state index contributed by atoms with van der Waals surface area (Å²) in [6.45, 7) is 3.46. The predicted octanol–water partition coefficient (Wildman–Crippen LogP) is 6.71. The molecule has 1 aliphatic heterocycles. The molecular formula is C32H30Cl2N6O. The number of aromatic nitrogens is 3. The van der Waals surface area contributed by atoms with Gasteiger partial charge < -0.3 is 10.6 Å². The van der Waals surface area contributed by atoms with Crippen LogP contribution < -0.4 is 10.6 Å². The van der Waals surface area contributed by atoms with E-state index in [0.717, 1.165) is 54.9 Å². The van der Waals surface area contributed by atoms with E-state index in [9.17, 15) is 4.79 Å². The van der Waals surface area contributed by atoms with Gasteiger partial charge in [-0.2, -0.15) is 0 Å². The van der Waals surface area contributed by atoms with Gasteiger partial charge >= 0.3 is 0 Å². The molecule has 1 fully saturated rings. The van der Waals surface area contributed by atoms with Crippen molar-refractivity contribution in [3.63, 3.8) is 0 Å². The lowest BCUT2D eigenvalue weighted by atomic mass is 10.0. The molecule has 3 heterocycles. The largest absolute Gasteiger partial charge is 0.365 e. The Labute approximate surface area is 249 Å². The van der Waals surface area contributed by atoms with Crippen molar-refractivity contribution < 1.29 is 4.79 Å². The maximum absolute atomic E-state index is 13.0. The Kier molecular flexibility index (Phi) is 8.19. The Morgan fingerprint density at radius 2 is 1.66 bits per heavy atom. The zero-order valence-corrected chi connectivity index (χ0v) is 23.9. The Morgan fingerprint density at radius 1 is 0.878 bits per heavy atom. The molecule has 1 amide bonds. The first-order valence-corrected chi connectivity index (χ1v) is 14.5. The highest BCUT2D eigenvalue weighted by molar-refractivity contribution is 6.42. The lowest BCUT2D eigenvalue weighted by Crippen LogP contribution is -2.44. The third-order valence-electron chi connectivity index (χ3n) is 7.43. The summed E-state index contributed by atoms with van der Waals surface area (Å²) in [5.41, 5.74) is 5.48. The summed E-state index contributed by atoms with van der Waals surface area (Å²) in [5.74, 6) is 0.664. The highest BCUT2D eigenvalue weighted by Gasteiger charge is 2.21. The van der Waals surface area contributed by atoms with Gasteiger partial charge in [0.2, 0.25) is 0 Å². The number of likely N-dealkylation sites (tertiary alicyclic amines) is 1. The van der Waals surface area contributed by atoms with E-state index < -0.39 is 0 Å². The van der Waals surface area contributed by atoms with Crippen molar-refractivity contribution in [3.8, 4) is 11.3 Å². The summed E-state index contributed by atoms with van der Waals surface area (Å²) in [6, 6.07) is 27.7. The molecule has 208 valence electrons.